The minimum atomic E-state index is -0.0720. The summed E-state index contributed by atoms with van der Waals surface area (Å²) >= 11 is 0. The smallest absolute Gasteiger partial charge is 0.350 e. The van der Waals surface area contributed by atoms with Crippen LogP contribution in [0, 0.1) is 27.7 Å². The second kappa shape index (κ2) is 6.50. The molecule has 5 nitrogen and oxygen atoms in total. The quantitative estimate of drug-likeness (QED) is 0.525. The number of pyridine rings is 1. The van der Waals surface area contributed by atoms with Gasteiger partial charge in [-0.1, -0.05) is 35.0 Å². The van der Waals surface area contributed by atoms with Crippen molar-refractivity contribution in [2.45, 2.75) is 34.2 Å². The van der Waals surface area contributed by atoms with Crippen LogP contribution in [0.3, 0.4) is 0 Å². The van der Waals surface area contributed by atoms with Gasteiger partial charge < -0.3 is 4.52 Å². The van der Waals surface area contributed by atoms with Crippen molar-refractivity contribution < 1.29 is 9.09 Å². The molecule has 0 saturated heterocycles. The topological polar surface area (TPSA) is 51.4 Å². The van der Waals surface area contributed by atoms with Crippen LogP contribution in [0.4, 0.5) is 0 Å². The van der Waals surface area contributed by atoms with Crippen LogP contribution in [0.5, 0.6) is 0 Å². The first-order valence-electron chi connectivity index (χ1n) is 8.99. The molecule has 0 radical (unpaired) electrons. The van der Waals surface area contributed by atoms with E-state index < -0.39 is 0 Å². The third-order valence-corrected chi connectivity index (χ3v) is 5.01. The Balaban J connectivity index is 1.99. The van der Waals surface area contributed by atoms with Crippen molar-refractivity contribution in [3.05, 3.63) is 87.3 Å². The van der Waals surface area contributed by atoms with Gasteiger partial charge >= 0.3 is 5.56 Å². The number of fused-ring (bicyclic) bond motifs is 1. The second-order valence-electron chi connectivity index (χ2n) is 7.03. The molecule has 0 spiro atoms. The summed E-state index contributed by atoms with van der Waals surface area (Å²) in [5.41, 5.74) is 6.55. The number of aromatic nitrogens is 3. The zero-order valence-electron chi connectivity index (χ0n) is 16.0. The lowest BCUT2D eigenvalue weighted by atomic mass is 10.0. The summed E-state index contributed by atoms with van der Waals surface area (Å²) in [4.78, 5) is 13.1. The molecule has 0 fully saturated rings. The average molecular weight is 360 g/mol. The molecule has 0 N–H and O–H groups in total. The van der Waals surface area contributed by atoms with Gasteiger partial charge in [-0.3, -0.25) is 0 Å². The van der Waals surface area contributed by atoms with Crippen LogP contribution in [-0.2, 0) is 6.54 Å². The van der Waals surface area contributed by atoms with E-state index in [1.165, 1.54) is 16.7 Å². The largest absolute Gasteiger partial charge is 0.361 e. The highest BCUT2D eigenvalue weighted by molar-refractivity contribution is 5.66. The Labute approximate surface area is 157 Å². The van der Waals surface area contributed by atoms with Crippen molar-refractivity contribution >= 4 is 5.65 Å². The Morgan fingerprint density at radius 3 is 2.67 bits per heavy atom. The molecule has 0 unspecified atom stereocenters. The molecular formula is C22H22N3O2+. The summed E-state index contributed by atoms with van der Waals surface area (Å²) in [5.74, 6) is 0.652. The van der Waals surface area contributed by atoms with Gasteiger partial charge in [-0.15, -0.1) is 0 Å². The fraction of sp³-hybridized carbons (Fsp3) is 0.227. The van der Waals surface area contributed by atoms with E-state index in [2.05, 4.69) is 41.8 Å². The summed E-state index contributed by atoms with van der Waals surface area (Å²) in [7, 11) is 0. The number of nitrogens with zero attached hydrogens (tertiary/aromatic N) is 3. The lowest BCUT2D eigenvalue weighted by molar-refractivity contribution is -0.665. The first-order valence-corrected chi connectivity index (χ1v) is 8.99. The Bertz CT molecular complexity index is 1200. The van der Waals surface area contributed by atoms with E-state index in [9.17, 15) is 4.79 Å². The highest BCUT2D eigenvalue weighted by Gasteiger charge is 2.22. The predicted octanol–water partition coefficient (Wildman–Crippen LogP) is 3.52. The van der Waals surface area contributed by atoms with Crippen molar-refractivity contribution in [3.63, 3.8) is 0 Å². The van der Waals surface area contributed by atoms with Gasteiger partial charge in [0.05, 0.1) is 17.5 Å². The molecule has 0 aliphatic heterocycles. The number of benzene rings is 1. The van der Waals surface area contributed by atoms with Crippen LogP contribution in [-0.4, -0.2) is 9.56 Å². The van der Waals surface area contributed by atoms with Crippen LogP contribution < -0.4 is 10.1 Å². The monoisotopic (exact) mass is 360 g/mol. The third kappa shape index (κ3) is 2.95. The summed E-state index contributed by atoms with van der Waals surface area (Å²) < 4.78 is 9.10. The minimum absolute atomic E-state index is 0.0720. The maximum atomic E-state index is 13.1. The Morgan fingerprint density at radius 2 is 1.93 bits per heavy atom. The minimum Gasteiger partial charge on any atom is -0.361 e. The number of hydrogen-bond donors (Lipinski definition) is 0. The summed E-state index contributed by atoms with van der Waals surface area (Å²) in [5, 5.41) is 4.02. The van der Waals surface area contributed by atoms with Crippen LogP contribution in [0.25, 0.3) is 16.8 Å². The highest BCUT2D eigenvalue weighted by Crippen LogP contribution is 2.23. The molecule has 5 heteroatoms. The van der Waals surface area contributed by atoms with Gasteiger partial charge in [0.1, 0.15) is 24.1 Å². The Hall–Kier alpha value is -3.21. The van der Waals surface area contributed by atoms with E-state index in [1.807, 2.05) is 38.2 Å². The van der Waals surface area contributed by atoms with Gasteiger partial charge in [-0.05, 0) is 44.9 Å². The molecule has 0 atom stereocenters. The molecule has 0 amide bonds. The lowest BCUT2D eigenvalue weighted by Crippen LogP contribution is -2.41. The van der Waals surface area contributed by atoms with Crippen LogP contribution in [0.2, 0.25) is 0 Å². The van der Waals surface area contributed by atoms with Crippen molar-refractivity contribution in [1.29, 1.82) is 0 Å². The van der Waals surface area contributed by atoms with Crippen LogP contribution in [0.1, 0.15) is 28.1 Å². The van der Waals surface area contributed by atoms with E-state index in [-0.39, 0.29) is 5.56 Å². The van der Waals surface area contributed by atoms with E-state index in [0.717, 1.165) is 16.9 Å². The number of hydrogen-bond acceptors (Lipinski definition) is 3. The van der Waals surface area contributed by atoms with Gasteiger partial charge in [0.2, 0.25) is 0 Å². The molecule has 4 aromatic rings. The Morgan fingerprint density at radius 1 is 1.11 bits per heavy atom. The lowest BCUT2D eigenvalue weighted by Gasteiger charge is -2.10. The van der Waals surface area contributed by atoms with Crippen molar-refractivity contribution in [2.24, 2.45) is 0 Å². The average Bonchev–Trinajstić information content (AvgIpc) is 2.99. The molecule has 1 aromatic carbocycles. The standard InChI is InChI=1S/C22H22N3O2/c1-14-8-9-15(2)18(11-14)12-24-13-19(21-16(3)23-27-17(21)4)22(26)25-10-6-5-7-20(24)25/h5-11,13H,12H2,1-4H3/q+1. The van der Waals surface area contributed by atoms with E-state index in [1.54, 1.807) is 10.6 Å². The molecular weight excluding hydrogens is 338 g/mol. The predicted molar refractivity (Wildman–Crippen MR) is 104 cm³/mol. The normalized spacial score (nSPS) is 11.3. The fourth-order valence-electron chi connectivity index (χ4n) is 3.57. The molecule has 27 heavy (non-hydrogen) atoms. The SMILES string of the molecule is Cc1ccc(C)c(C[n+]2cc(-c3c(C)noc3C)c(=O)n3ccccc32)c1. The molecule has 0 saturated carbocycles. The van der Waals surface area contributed by atoms with Gasteiger partial charge in [0, 0.05) is 6.07 Å². The van der Waals surface area contributed by atoms with E-state index in [4.69, 9.17) is 4.52 Å². The van der Waals surface area contributed by atoms with E-state index >= 15 is 0 Å². The first-order chi connectivity index (χ1) is 13.0. The van der Waals surface area contributed by atoms with Gasteiger partial charge in [-0.25, -0.2) is 9.36 Å². The number of rotatable bonds is 3. The third-order valence-electron chi connectivity index (χ3n) is 5.01. The van der Waals surface area contributed by atoms with Gasteiger partial charge in [0.15, 0.2) is 0 Å². The Kier molecular flexibility index (Phi) is 4.15. The summed E-state index contributed by atoms with van der Waals surface area (Å²) in [6.07, 6.45) is 3.73. The zero-order chi connectivity index (χ0) is 19.1. The molecule has 0 aliphatic rings. The van der Waals surface area contributed by atoms with Crippen LogP contribution >= 0.6 is 0 Å². The van der Waals surface area contributed by atoms with Crippen molar-refractivity contribution in [1.82, 2.24) is 9.56 Å². The molecule has 3 aromatic heterocycles. The molecule has 136 valence electrons. The van der Waals surface area contributed by atoms with Gasteiger partial charge in [0.25, 0.3) is 5.65 Å². The van der Waals surface area contributed by atoms with Crippen molar-refractivity contribution in [2.75, 3.05) is 0 Å². The van der Waals surface area contributed by atoms with Crippen LogP contribution in [0.15, 0.2) is 58.1 Å². The number of aryl methyl sites for hydroxylation is 4. The highest BCUT2D eigenvalue weighted by atomic mass is 16.5. The maximum absolute atomic E-state index is 13.1. The summed E-state index contributed by atoms with van der Waals surface area (Å²) in [6.45, 7) is 8.58. The molecule has 3 heterocycles. The molecule has 0 bridgehead atoms. The second-order valence-corrected chi connectivity index (χ2v) is 7.03. The maximum Gasteiger partial charge on any atom is 0.350 e. The fourth-order valence-corrected chi connectivity index (χ4v) is 3.57. The van der Waals surface area contributed by atoms with Crippen molar-refractivity contribution in [3.8, 4) is 11.1 Å². The first kappa shape index (κ1) is 17.2. The zero-order valence-corrected chi connectivity index (χ0v) is 16.0. The van der Waals surface area contributed by atoms with E-state index in [0.29, 0.717) is 17.9 Å². The molecule has 4 rings (SSSR count). The summed E-state index contributed by atoms with van der Waals surface area (Å²) in [6, 6.07) is 12.2. The van der Waals surface area contributed by atoms with Gasteiger partial charge in [-0.2, -0.15) is 4.40 Å². The molecule has 0 aliphatic carbocycles.